The third kappa shape index (κ3) is 4.82. The van der Waals surface area contributed by atoms with E-state index in [1.807, 2.05) is 25.1 Å². The Bertz CT molecular complexity index is 825. The number of rotatable bonds is 8. The molecule has 0 amide bonds. The summed E-state index contributed by atoms with van der Waals surface area (Å²) in [6, 6.07) is 10.9. The smallest absolute Gasteiger partial charge is 0.185 e. The van der Waals surface area contributed by atoms with Crippen molar-refractivity contribution in [2.45, 2.75) is 20.3 Å². The van der Waals surface area contributed by atoms with Crippen LogP contribution in [0.15, 0.2) is 42.5 Å². The molecule has 0 bridgehead atoms. The van der Waals surface area contributed by atoms with Gasteiger partial charge in [0.05, 0.1) is 13.2 Å². The molecular formula is C22H24O5. The molecule has 0 aromatic heterocycles. The van der Waals surface area contributed by atoms with Gasteiger partial charge in [-0.15, -0.1) is 0 Å². The van der Waals surface area contributed by atoms with Crippen molar-refractivity contribution in [2.24, 2.45) is 0 Å². The van der Waals surface area contributed by atoms with Crippen molar-refractivity contribution in [3.63, 3.8) is 0 Å². The lowest BCUT2D eigenvalue weighted by Gasteiger charge is -2.18. The Labute approximate surface area is 159 Å². The molecule has 1 aliphatic rings. The van der Waals surface area contributed by atoms with E-state index >= 15 is 0 Å². The summed E-state index contributed by atoms with van der Waals surface area (Å²) < 4.78 is 22.4. The number of allylic oxidation sites excluding steroid dienone is 1. The van der Waals surface area contributed by atoms with Gasteiger partial charge in [-0.25, -0.2) is 0 Å². The Morgan fingerprint density at radius 1 is 1.00 bits per heavy atom. The number of hydrogen-bond donors (Lipinski definition) is 0. The van der Waals surface area contributed by atoms with E-state index < -0.39 is 0 Å². The van der Waals surface area contributed by atoms with Crippen molar-refractivity contribution in [1.82, 2.24) is 0 Å². The van der Waals surface area contributed by atoms with Crippen LogP contribution in [0, 0.1) is 0 Å². The normalized spacial score (nSPS) is 12.8. The Kier molecular flexibility index (Phi) is 6.36. The third-order valence-corrected chi connectivity index (χ3v) is 3.98. The monoisotopic (exact) mass is 368 g/mol. The number of ether oxygens (including phenoxy) is 4. The van der Waals surface area contributed by atoms with Gasteiger partial charge in [-0.05, 0) is 55.3 Å². The van der Waals surface area contributed by atoms with Crippen molar-refractivity contribution in [2.75, 3.05) is 26.4 Å². The second-order valence-electron chi connectivity index (χ2n) is 6.04. The molecule has 1 aliphatic heterocycles. The number of benzene rings is 2. The van der Waals surface area contributed by atoms with Crippen LogP contribution >= 0.6 is 0 Å². The summed E-state index contributed by atoms with van der Waals surface area (Å²) in [5.41, 5.74) is 1.43. The molecule has 3 rings (SSSR count). The Balaban J connectivity index is 1.74. The van der Waals surface area contributed by atoms with E-state index in [1.165, 1.54) is 0 Å². The van der Waals surface area contributed by atoms with Crippen LogP contribution in [-0.2, 0) is 0 Å². The van der Waals surface area contributed by atoms with Gasteiger partial charge >= 0.3 is 0 Å². The van der Waals surface area contributed by atoms with Gasteiger partial charge in [-0.2, -0.15) is 0 Å². The van der Waals surface area contributed by atoms with Crippen molar-refractivity contribution >= 4 is 11.9 Å². The summed E-state index contributed by atoms with van der Waals surface area (Å²) in [5, 5.41) is 0. The Hall–Kier alpha value is -2.95. The largest absolute Gasteiger partial charge is 0.490 e. The van der Waals surface area contributed by atoms with Crippen molar-refractivity contribution in [3.8, 4) is 23.0 Å². The zero-order chi connectivity index (χ0) is 19.1. The number of carbonyl (C=O) groups excluding carboxylic acids is 1. The summed E-state index contributed by atoms with van der Waals surface area (Å²) in [4.78, 5) is 12.5. The molecule has 0 saturated heterocycles. The maximum absolute atomic E-state index is 12.5. The van der Waals surface area contributed by atoms with Crippen LogP contribution in [0.5, 0.6) is 23.0 Å². The fourth-order valence-corrected chi connectivity index (χ4v) is 2.69. The molecule has 0 unspecified atom stereocenters. The maximum Gasteiger partial charge on any atom is 0.185 e. The second kappa shape index (κ2) is 9.12. The minimum Gasteiger partial charge on any atom is -0.490 e. The van der Waals surface area contributed by atoms with Crippen LogP contribution in [0.4, 0.5) is 0 Å². The van der Waals surface area contributed by atoms with Crippen molar-refractivity contribution in [3.05, 3.63) is 53.6 Å². The van der Waals surface area contributed by atoms with Crippen molar-refractivity contribution in [1.29, 1.82) is 0 Å². The standard InChI is InChI=1S/C22H24O5/c1-3-11-25-19-9-6-16(14-21(19)24-4-2)5-8-18(23)17-7-10-20-22(15-17)27-13-12-26-20/h5-10,14-15H,3-4,11-13H2,1-2H3/b8-5+. The average molecular weight is 368 g/mol. The third-order valence-electron chi connectivity index (χ3n) is 3.98. The van der Waals surface area contributed by atoms with Gasteiger partial charge in [-0.1, -0.05) is 19.1 Å². The fourth-order valence-electron chi connectivity index (χ4n) is 2.69. The molecular weight excluding hydrogens is 344 g/mol. The highest BCUT2D eigenvalue weighted by Crippen LogP contribution is 2.31. The number of carbonyl (C=O) groups is 1. The topological polar surface area (TPSA) is 54.0 Å². The highest BCUT2D eigenvalue weighted by atomic mass is 16.6. The lowest BCUT2D eigenvalue weighted by atomic mass is 10.1. The summed E-state index contributed by atoms with van der Waals surface area (Å²) in [7, 11) is 0. The van der Waals surface area contributed by atoms with Gasteiger partial charge in [0.15, 0.2) is 28.8 Å². The van der Waals surface area contributed by atoms with Crippen molar-refractivity contribution < 1.29 is 23.7 Å². The van der Waals surface area contributed by atoms with E-state index in [-0.39, 0.29) is 5.78 Å². The quantitative estimate of drug-likeness (QED) is 0.506. The van der Waals surface area contributed by atoms with E-state index in [0.717, 1.165) is 12.0 Å². The highest BCUT2D eigenvalue weighted by molar-refractivity contribution is 6.07. The zero-order valence-electron chi connectivity index (χ0n) is 15.7. The first-order valence-corrected chi connectivity index (χ1v) is 9.23. The second-order valence-corrected chi connectivity index (χ2v) is 6.04. The SMILES string of the molecule is CCCOc1ccc(/C=C/C(=O)c2ccc3c(c2)OCCO3)cc1OCC. The summed E-state index contributed by atoms with van der Waals surface area (Å²) in [6.45, 7) is 6.19. The van der Waals surface area contributed by atoms with Gasteiger partial charge in [0.25, 0.3) is 0 Å². The van der Waals surface area contributed by atoms with Crippen LogP contribution in [0.1, 0.15) is 36.2 Å². The molecule has 0 saturated carbocycles. The average Bonchev–Trinajstić information content (AvgIpc) is 2.71. The zero-order valence-corrected chi connectivity index (χ0v) is 15.7. The molecule has 0 aliphatic carbocycles. The van der Waals surface area contributed by atoms with Crippen LogP contribution < -0.4 is 18.9 Å². The molecule has 0 N–H and O–H groups in total. The number of fused-ring (bicyclic) bond motifs is 1. The lowest BCUT2D eigenvalue weighted by molar-refractivity contribution is 0.104. The van der Waals surface area contributed by atoms with E-state index in [4.69, 9.17) is 18.9 Å². The fraction of sp³-hybridized carbons (Fsp3) is 0.318. The van der Waals surface area contributed by atoms with E-state index in [9.17, 15) is 4.79 Å². The first kappa shape index (κ1) is 18.8. The van der Waals surface area contributed by atoms with Gasteiger partial charge < -0.3 is 18.9 Å². The Morgan fingerprint density at radius 2 is 1.81 bits per heavy atom. The predicted octanol–water partition coefficient (Wildman–Crippen LogP) is 4.54. The first-order chi connectivity index (χ1) is 13.2. The van der Waals surface area contributed by atoms with E-state index in [1.54, 1.807) is 30.4 Å². The lowest BCUT2D eigenvalue weighted by Crippen LogP contribution is -2.15. The highest BCUT2D eigenvalue weighted by Gasteiger charge is 2.14. The molecule has 142 valence electrons. The van der Waals surface area contributed by atoms with Crippen LogP contribution in [0.25, 0.3) is 6.08 Å². The van der Waals surface area contributed by atoms with Crippen LogP contribution in [-0.4, -0.2) is 32.2 Å². The summed E-state index contributed by atoms with van der Waals surface area (Å²) in [5.74, 6) is 2.58. The van der Waals surface area contributed by atoms with Gasteiger partial charge in [0.1, 0.15) is 13.2 Å². The number of ketones is 1. The minimum absolute atomic E-state index is 0.101. The predicted molar refractivity (Wildman–Crippen MR) is 104 cm³/mol. The summed E-state index contributed by atoms with van der Waals surface area (Å²) in [6.07, 6.45) is 4.24. The molecule has 0 atom stereocenters. The van der Waals surface area contributed by atoms with Gasteiger partial charge in [-0.3, -0.25) is 4.79 Å². The number of hydrogen-bond acceptors (Lipinski definition) is 5. The van der Waals surface area contributed by atoms with Crippen LogP contribution in [0.2, 0.25) is 0 Å². The van der Waals surface area contributed by atoms with Gasteiger partial charge in [0, 0.05) is 5.56 Å². The van der Waals surface area contributed by atoms with E-state index in [0.29, 0.717) is 55.0 Å². The molecule has 0 fully saturated rings. The maximum atomic E-state index is 12.5. The molecule has 1 heterocycles. The van der Waals surface area contributed by atoms with Gasteiger partial charge in [0.2, 0.25) is 0 Å². The molecule has 27 heavy (non-hydrogen) atoms. The summed E-state index contributed by atoms with van der Waals surface area (Å²) >= 11 is 0. The molecule has 5 heteroatoms. The Morgan fingerprint density at radius 3 is 2.59 bits per heavy atom. The molecule has 5 nitrogen and oxygen atoms in total. The van der Waals surface area contributed by atoms with E-state index in [2.05, 4.69) is 6.92 Å². The van der Waals surface area contributed by atoms with Crippen LogP contribution in [0.3, 0.4) is 0 Å². The molecule has 0 radical (unpaired) electrons. The minimum atomic E-state index is -0.101. The molecule has 2 aromatic rings. The molecule has 0 spiro atoms. The molecule has 2 aromatic carbocycles. The first-order valence-electron chi connectivity index (χ1n) is 9.23.